The molecular weight excluding hydrogens is 900 g/mol. The lowest BCUT2D eigenvalue weighted by Crippen LogP contribution is -2.63. The number of aliphatic hydroxyl groups excluding tert-OH is 8. The lowest BCUT2D eigenvalue weighted by atomic mass is 9.98. The van der Waals surface area contributed by atoms with Gasteiger partial charge < -0.3 is 109 Å². The average molecular weight is 950 g/mol. The van der Waals surface area contributed by atoms with Crippen molar-refractivity contribution in [2.75, 3.05) is 34.0 Å². The highest BCUT2D eigenvalue weighted by atomic mass is 16.7. The van der Waals surface area contributed by atoms with Crippen LogP contribution in [0.4, 0.5) is 0 Å². The molecule has 3 aliphatic heterocycles. The highest BCUT2D eigenvalue weighted by Gasteiger charge is 2.51. The van der Waals surface area contributed by atoms with Crippen molar-refractivity contribution in [2.45, 2.75) is 86.0 Å². The van der Waals surface area contributed by atoms with Gasteiger partial charge in [-0.3, -0.25) is 0 Å². The molecule has 1 unspecified atom stereocenters. The van der Waals surface area contributed by atoms with Crippen LogP contribution in [0.25, 0.3) is 28.4 Å². The molecule has 1 aromatic heterocycles. The van der Waals surface area contributed by atoms with Gasteiger partial charge in [-0.05, 0) is 35.9 Å². The Labute approximate surface area is 378 Å². The van der Waals surface area contributed by atoms with Gasteiger partial charge in [0, 0.05) is 24.3 Å². The normalized spacial score (nSPS) is 31.0. The summed E-state index contributed by atoms with van der Waals surface area (Å²) in [6.45, 7) is -2.07. The maximum atomic E-state index is 12.7. The van der Waals surface area contributed by atoms with Crippen molar-refractivity contribution in [1.29, 1.82) is 0 Å². The maximum absolute atomic E-state index is 12.7. The number of carbonyl (C=O) groups is 1. The Balaban J connectivity index is 1.10. The molecule has 3 aromatic carbocycles. The van der Waals surface area contributed by atoms with Crippen LogP contribution >= 0.6 is 0 Å². The van der Waals surface area contributed by atoms with Crippen LogP contribution in [0, 0.1) is 0 Å². The highest BCUT2D eigenvalue weighted by molar-refractivity contribution is 5.89. The van der Waals surface area contributed by atoms with E-state index in [0.29, 0.717) is 5.56 Å². The van der Waals surface area contributed by atoms with Gasteiger partial charge in [0.2, 0.25) is 17.8 Å². The van der Waals surface area contributed by atoms with Gasteiger partial charge in [-0.15, -0.1) is 0 Å². The topological polar surface area (TPSA) is 374 Å². The minimum Gasteiger partial charge on any atom is -0.507 e. The van der Waals surface area contributed by atoms with E-state index in [-0.39, 0.29) is 51.0 Å². The second-order valence-electron chi connectivity index (χ2n) is 15.6. The van der Waals surface area contributed by atoms with Crippen LogP contribution in [-0.2, 0) is 33.2 Å². The van der Waals surface area contributed by atoms with Crippen molar-refractivity contribution in [1.82, 2.24) is 0 Å². The van der Waals surface area contributed by atoms with Gasteiger partial charge in [-0.2, -0.15) is 0 Å². The number of hydrogen-bond donors (Lipinski definition) is 13. The number of carbonyl (C=O) groups excluding carboxylic acids is 1. The number of methoxy groups -OCH3 is 2. The maximum Gasteiger partial charge on any atom is 0.402 e. The fourth-order valence-corrected chi connectivity index (χ4v) is 7.42. The third-order valence-corrected chi connectivity index (χ3v) is 11.1. The van der Waals surface area contributed by atoms with E-state index in [9.17, 15) is 71.2 Å². The summed E-state index contributed by atoms with van der Waals surface area (Å²) in [6, 6.07) is 9.75. The molecule has 0 aliphatic carbocycles. The molecule has 7 rings (SSSR count). The molecule has 3 saturated heterocycles. The van der Waals surface area contributed by atoms with E-state index in [2.05, 4.69) is 0 Å². The summed E-state index contributed by atoms with van der Waals surface area (Å²) in [7, 11) is 2.63. The molecule has 14 atom stereocenters. The van der Waals surface area contributed by atoms with Gasteiger partial charge in [0.1, 0.15) is 90.6 Å². The molecule has 0 amide bonds. The van der Waals surface area contributed by atoms with Crippen LogP contribution < -0.4 is 14.2 Å². The number of hydrogen-bond acceptors (Lipinski definition) is 23. The van der Waals surface area contributed by atoms with Crippen molar-refractivity contribution in [3.05, 3.63) is 60.2 Å². The van der Waals surface area contributed by atoms with Crippen LogP contribution in [-0.4, -0.2) is 192 Å². The molecule has 67 heavy (non-hydrogen) atoms. The van der Waals surface area contributed by atoms with Crippen molar-refractivity contribution < 1.29 is 118 Å². The Hall–Kier alpha value is -5.84. The molecule has 0 radical (unpaired) electrons. The molecule has 3 aliphatic rings. The number of aliphatic hydroxyl groups is 8. The quantitative estimate of drug-likeness (QED) is 0.0284. The SMILES string of the molecule is COc1cc(/C=C/C(=O)OC[C@H]2O[C@@H](OC[C@H]3O[C@@H](Oc4cc5c(O)cc(O)cc5[o+]c4-c4ccc(O)c(O)c4)[C@H](OCC4O[C@@H](O)[C@H](O)[C@H]4O)[C@@H](O)[C@H]3O)[C@H](O)[C@@H](O)[C@@H]2O)cc(OC)c1O. The number of benzene rings is 3. The fourth-order valence-electron chi connectivity index (χ4n) is 7.42. The third-order valence-electron chi connectivity index (χ3n) is 11.1. The van der Waals surface area contributed by atoms with E-state index in [4.69, 9.17) is 47.0 Å². The Morgan fingerprint density at radius 3 is 1.91 bits per heavy atom. The summed E-state index contributed by atoms with van der Waals surface area (Å²) in [5.41, 5.74) is 0.350. The second-order valence-corrected chi connectivity index (χ2v) is 15.6. The Kier molecular flexibility index (Phi) is 15.1. The van der Waals surface area contributed by atoms with Crippen molar-refractivity contribution >= 4 is 23.0 Å². The standard InChI is InChI=1S/C43H48O24/c1-58-24-7-16(8-25(59-2)31(24)49)3-6-30(48)60-13-28-32(50)35(53)38(56)42(66-28)62-15-29-33(51)36(54)40(61-14-27-34(52)37(55)41(57)64-27)43(67-29)65-26-12-19-21(46)10-18(44)11-23(19)63-39(26)17-4-5-20(45)22(47)9-17/h3-12,27-29,32-38,40-43,50-57H,13-15H2,1-2H3,(H4-,44,45,46,47,48,49)/p+1/t27?,28-,29-,32-,33+,34+,35+,36+,37-,38-,40-,41-,42-,43-/m1/s1. The summed E-state index contributed by atoms with van der Waals surface area (Å²) in [5, 5.41) is 137. The number of rotatable bonds is 15. The van der Waals surface area contributed by atoms with Crippen LogP contribution in [0.1, 0.15) is 5.56 Å². The monoisotopic (exact) mass is 949 g/mol. The van der Waals surface area contributed by atoms with E-state index < -0.39 is 129 Å². The molecule has 24 heteroatoms. The van der Waals surface area contributed by atoms with E-state index in [1.165, 1.54) is 44.6 Å². The van der Waals surface area contributed by atoms with Crippen molar-refractivity contribution in [3.63, 3.8) is 0 Å². The Bertz CT molecular complexity index is 2390. The summed E-state index contributed by atoms with van der Waals surface area (Å²) < 4.78 is 56.1. The van der Waals surface area contributed by atoms with Crippen LogP contribution in [0.3, 0.4) is 0 Å². The summed E-state index contributed by atoms with van der Waals surface area (Å²) >= 11 is 0. The van der Waals surface area contributed by atoms with Gasteiger partial charge in [0.05, 0.1) is 39.1 Å². The van der Waals surface area contributed by atoms with E-state index >= 15 is 0 Å². The van der Waals surface area contributed by atoms with Gasteiger partial charge in [-0.25, -0.2) is 9.21 Å². The van der Waals surface area contributed by atoms with Crippen LogP contribution in [0.2, 0.25) is 0 Å². The molecule has 4 heterocycles. The van der Waals surface area contributed by atoms with E-state index in [1.54, 1.807) is 0 Å². The van der Waals surface area contributed by atoms with E-state index in [1.807, 2.05) is 0 Å². The van der Waals surface area contributed by atoms with Crippen molar-refractivity contribution in [2.24, 2.45) is 0 Å². The third kappa shape index (κ3) is 10.5. The fraction of sp³-hybridized carbons (Fsp3) is 0.442. The Morgan fingerprint density at radius 2 is 1.25 bits per heavy atom. The van der Waals surface area contributed by atoms with Crippen LogP contribution in [0.5, 0.6) is 46.0 Å². The number of esters is 1. The molecule has 364 valence electrons. The minimum atomic E-state index is -1.96. The second kappa shape index (κ2) is 20.6. The molecule has 0 bridgehead atoms. The van der Waals surface area contributed by atoms with Crippen molar-refractivity contribution in [3.8, 4) is 57.3 Å². The number of aromatic hydroxyl groups is 5. The van der Waals surface area contributed by atoms with Crippen LogP contribution in [0.15, 0.2) is 59.0 Å². The number of ether oxygens (including phenoxy) is 9. The van der Waals surface area contributed by atoms with E-state index in [0.717, 1.165) is 30.3 Å². The molecule has 13 N–H and O–H groups in total. The summed E-state index contributed by atoms with van der Waals surface area (Å²) in [5.74, 6) is -3.53. The van der Waals surface area contributed by atoms with Gasteiger partial charge in [0.15, 0.2) is 35.6 Å². The summed E-state index contributed by atoms with van der Waals surface area (Å²) in [4.78, 5) is 12.7. The predicted molar refractivity (Wildman–Crippen MR) is 220 cm³/mol. The van der Waals surface area contributed by atoms with Gasteiger partial charge in [-0.1, -0.05) is 0 Å². The first kappa shape index (κ1) is 49.1. The molecular formula is C43H49O24+. The zero-order chi connectivity index (χ0) is 48.4. The minimum absolute atomic E-state index is 0.0298. The number of phenols is 5. The first-order valence-corrected chi connectivity index (χ1v) is 20.3. The largest absolute Gasteiger partial charge is 0.507 e. The predicted octanol–water partition coefficient (Wildman–Crippen LogP) is -1.34. The molecule has 0 spiro atoms. The highest BCUT2D eigenvalue weighted by Crippen LogP contribution is 2.43. The number of fused-ring (bicyclic) bond motifs is 1. The Morgan fingerprint density at radius 1 is 0.627 bits per heavy atom. The number of phenolic OH excluding ortho intramolecular Hbond substituents is 5. The zero-order valence-corrected chi connectivity index (χ0v) is 35.3. The molecule has 4 aromatic rings. The first-order valence-electron chi connectivity index (χ1n) is 20.3. The summed E-state index contributed by atoms with van der Waals surface area (Å²) in [6.07, 6.45) is -22.2. The lowest BCUT2D eigenvalue weighted by Gasteiger charge is -2.43. The first-order chi connectivity index (χ1) is 31.9. The smallest absolute Gasteiger partial charge is 0.402 e. The van der Waals surface area contributed by atoms with Gasteiger partial charge >= 0.3 is 17.3 Å². The lowest BCUT2D eigenvalue weighted by molar-refractivity contribution is -0.327. The molecule has 3 fully saturated rings. The molecule has 0 saturated carbocycles. The van der Waals surface area contributed by atoms with Gasteiger partial charge in [0.25, 0.3) is 0 Å². The zero-order valence-electron chi connectivity index (χ0n) is 35.3. The molecule has 24 nitrogen and oxygen atoms in total. The average Bonchev–Trinajstić information content (AvgIpc) is 3.55.